The van der Waals surface area contributed by atoms with Crippen LogP contribution in [0.1, 0.15) is 23.7 Å². The van der Waals surface area contributed by atoms with Crippen LogP contribution in [0.4, 0.5) is 5.69 Å². The van der Waals surface area contributed by atoms with Crippen LogP contribution in [0.3, 0.4) is 0 Å². The van der Waals surface area contributed by atoms with Gasteiger partial charge in [-0.2, -0.15) is 0 Å². The Morgan fingerprint density at radius 2 is 1.76 bits per heavy atom. The number of imide groups is 1. The van der Waals surface area contributed by atoms with E-state index >= 15 is 0 Å². The van der Waals surface area contributed by atoms with E-state index in [2.05, 4.69) is 12.2 Å². The first-order valence-electron chi connectivity index (χ1n) is 8.95. The number of rotatable bonds is 3. The Morgan fingerprint density at radius 3 is 2.36 bits per heavy atom. The van der Waals surface area contributed by atoms with E-state index in [1.54, 1.807) is 31.2 Å². The van der Waals surface area contributed by atoms with E-state index in [0.29, 0.717) is 23.1 Å². The van der Waals surface area contributed by atoms with Gasteiger partial charge in [-0.05, 0) is 55.2 Å². The highest BCUT2D eigenvalue weighted by Gasteiger charge is 2.67. The van der Waals surface area contributed by atoms with E-state index in [0.717, 1.165) is 6.42 Å². The van der Waals surface area contributed by atoms with Gasteiger partial charge < -0.3 is 4.74 Å². The van der Waals surface area contributed by atoms with Gasteiger partial charge in [0.1, 0.15) is 0 Å². The number of hydrogen-bond donors (Lipinski definition) is 0. The molecule has 2 saturated carbocycles. The molecule has 2 amide bonds. The van der Waals surface area contributed by atoms with Crippen LogP contribution in [0.5, 0.6) is 0 Å². The Morgan fingerprint density at radius 1 is 1.12 bits per heavy atom. The van der Waals surface area contributed by atoms with Crippen molar-refractivity contribution in [2.24, 2.45) is 35.5 Å². The van der Waals surface area contributed by atoms with Crippen LogP contribution in [-0.2, 0) is 14.3 Å². The second-order valence-corrected chi connectivity index (χ2v) is 7.44. The summed E-state index contributed by atoms with van der Waals surface area (Å²) >= 11 is 0. The maximum atomic E-state index is 13.1. The number of ether oxygens (including phenoxy) is 1. The van der Waals surface area contributed by atoms with Crippen LogP contribution < -0.4 is 4.90 Å². The zero-order valence-electron chi connectivity index (χ0n) is 13.9. The molecule has 0 radical (unpaired) electrons. The summed E-state index contributed by atoms with van der Waals surface area (Å²) < 4.78 is 5.02. The molecule has 1 saturated heterocycles. The first kappa shape index (κ1) is 14.9. The van der Waals surface area contributed by atoms with Crippen molar-refractivity contribution < 1.29 is 19.1 Å². The molecule has 4 aliphatic carbocycles. The van der Waals surface area contributed by atoms with Crippen LogP contribution in [0.2, 0.25) is 0 Å². The maximum absolute atomic E-state index is 13.1. The molecule has 0 N–H and O–H groups in total. The first-order valence-corrected chi connectivity index (χ1v) is 8.95. The number of amides is 2. The molecule has 128 valence electrons. The zero-order chi connectivity index (χ0) is 17.3. The van der Waals surface area contributed by atoms with Gasteiger partial charge in [-0.3, -0.25) is 9.59 Å². The van der Waals surface area contributed by atoms with Gasteiger partial charge in [0.15, 0.2) is 0 Å². The third-order valence-corrected chi connectivity index (χ3v) is 6.28. The number of anilines is 1. The predicted octanol–water partition coefficient (Wildman–Crippen LogP) is 2.42. The molecule has 1 heterocycles. The minimum Gasteiger partial charge on any atom is -0.462 e. The Balaban J connectivity index is 1.50. The summed E-state index contributed by atoms with van der Waals surface area (Å²) in [5.41, 5.74) is 0.835. The van der Waals surface area contributed by atoms with E-state index in [-0.39, 0.29) is 42.1 Å². The third kappa shape index (κ3) is 1.92. The lowest BCUT2D eigenvalue weighted by atomic mass is 9.63. The topological polar surface area (TPSA) is 63.7 Å². The average Bonchev–Trinajstić information content (AvgIpc) is 3.39. The molecule has 3 fully saturated rings. The van der Waals surface area contributed by atoms with Crippen molar-refractivity contribution >= 4 is 23.5 Å². The molecular formula is C20H19NO4. The molecule has 1 aromatic rings. The van der Waals surface area contributed by atoms with E-state index in [1.807, 2.05) is 0 Å². The lowest BCUT2D eigenvalue weighted by Crippen LogP contribution is -2.40. The molecule has 0 unspecified atom stereocenters. The Kier molecular flexibility index (Phi) is 3.00. The van der Waals surface area contributed by atoms with Gasteiger partial charge in [-0.15, -0.1) is 0 Å². The number of benzene rings is 1. The van der Waals surface area contributed by atoms with Gasteiger partial charge in [-0.25, -0.2) is 9.69 Å². The molecule has 6 atom stereocenters. The van der Waals surface area contributed by atoms with Gasteiger partial charge >= 0.3 is 5.97 Å². The van der Waals surface area contributed by atoms with Crippen LogP contribution in [0.25, 0.3) is 0 Å². The third-order valence-electron chi connectivity index (χ3n) is 6.28. The molecule has 0 spiro atoms. The fourth-order valence-electron chi connectivity index (χ4n) is 5.20. The van der Waals surface area contributed by atoms with Crippen molar-refractivity contribution in [1.82, 2.24) is 0 Å². The number of esters is 1. The fourth-order valence-corrected chi connectivity index (χ4v) is 5.20. The first-order chi connectivity index (χ1) is 12.1. The zero-order valence-corrected chi connectivity index (χ0v) is 13.9. The normalized spacial score (nSPS) is 37.1. The van der Waals surface area contributed by atoms with E-state index in [1.165, 1.54) is 4.90 Å². The summed E-state index contributed by atoms with van der Waals surface area (Å²) in [4.78, 5) is 39.4. The summed E-state index contributed by atoms with van der Waals surface area (Å²) in [7, 11) is 0. The van der Waals surface area contributed by atoms with Gasteiger partial charge in [-0.1, -0.05) is 18.2 Å². The van der Waals surface area contributed by atoms with Crippen LogP contribution in [0, 0.1) is 35.5 Å². The Bertz CT molecular complexity index is 793. The summed E-state index contributed by atoms with van der Waals surface area (Å²) in [5, 5.41) is 0. The van der Waals surface area contributed by atoms with Crippen molar-refractivity contribution in [3.8, 4) is 0 Å². The summed E-state index contributed by atoms with van der Waals surface area (Å²) in [6, 6.07) is 6.63. The highest BCUT2D eigenvalue weighted by molar-refractivity contribution is 6.22. The summed E-state index contributed by atoms with van der Waals surface area (Å²) in [6.45, 7) is 2.03. The molecule has 1 aliphatic heterocycles. The minimum absolute atomic E-state index is 0.110. The second-order valence-electron chi connectivity index (χ2n) is 7.44. The number of carbonyl (C=O) groups excluding carboxylic acids is 3. The SMILES string of the molecule is CCOC(=O)c1cccc(N2C(=O)[C@@H]3[C@H]4C=C[C@H]([C@H]5C[C@@H]45)[C@@H]3C2=O)c1. The summed E-state index contributed by atoms with van der Waals surface area (Å²) in [6.07, 6.45) is 5.46. The molecule has 5 nitrogen and oxygen atoms in total. The van der Waals surface area contributed by atoms with Gasteiger partial charge in [0, 0.05) is 0 Å². The van der Waals surface area contributed by atoms with Crippen molar-refractivity contribution in [3.05, 3.63) is 42.0 Å². The standard InChI is InChI=1S/C20H19NO4/c1-2-25-20(24)10-4-3-5-11(8-10)21-18(22)16-12-6-7-13(15-9-14(12)15)17(16)19(21)23/h3-8,12-17H,2,9H2,1H3/t12-,13+,14-,15+,16+,17-. The largest absolute Gasteiger partial charge is 0.462 e. The molecule has 5 aliphatic rings. The fraction of sp³-hybridized carbons (Fsp3) is 0.450. The molecule has 25 heavy (non-hydrogen) atoms. The highest BCUT2D eigenvalue weighted by atomic mass is 16.5. The van der Waals surface area contributed by atoms with Crippen molar-refractivity contribution in [2.75, 3.05) is 11.5 Å². The smallest absolute Gasteiger partial charge is 0.338 e. The Hall–Kier alpha value is -2.43. The van der Waals surface area contributed by atoms with E-state index in [4.69, 9.17) is 4.74 Å². The number of hydrogen-bond acceptors (Lipinski definition) is 4. The monoisotopic (exact) mass is 337 g/mol. The molecule has 1 aromatic carbocycles. The van der Waals surface area contributed by atoms with Gasteiger partial charge in [0.25, 0.3) is 0 Å². The van der Waals surface area contributed by atoms with Crippen LogP contribution in [0.15, 0.2) is 36.4 Å². The highest BCUT2D eigenvalue weighted by Crippen LogP contribution is 2.65. The van der Waals surface area contributed by atoms with Crippen molar-refractivity contribution in [2.45, 2.75) is 13.3 Å². The Labute approximate surface area is 145 Å². The van der Waals surface area contributed by atoms with Gasteiger partial charge in [0.05, 0.1) is 29.7 Å². The predicted molar refractivity (Wildman–Crippen MR) is 89.6 cm³/mol. The molecule has 6 rings (SSSR count). The maximum Gasteiger partial charge on any atom is 0.338 e. The molecule has 5 heteroatoms. The van der Waals surface area contributed by atoms with Crippen molar-refractivity contribution in [1.29, 1.82) is 0 Å². The summed E-state index contributed by atoms with van der Waals surface area (Å²) in [5.74, 6) is 0.460. The lowest BCUT2D eigenvalue weighted by molar-refractivity contribution is -0.124. The minimum atomic E-state index is -0.441. The van der Waals surface area contributed by atoms with Crippen LogP contribution >= 0.6 is 0 Å². The van der Waals surface area contributed by atoms with E-state index in [9.17, 15) is 14.4 Å². The van der Waals surface area contributed by atoms with Crippen LogP contribution in [-0.4, -0.2) is 24.4 Å². The number of allylic oxidation sites excluding steroid dienone is 2. The molecule has 0 aromatic heterocycles. The molecular weight excluding hydrogens is 318 g/mol. The number of nitrogens with zero attached hydrogens (tertiary/aromatic N) is 1. The quantitative estimate of drug-likeness (QED) is 0.483. The van der Waals surface area contributed by atoms with Gasteiger partial charge in [0.2, 0.25) is 11.8 Å². The van der Waals surface area contributed by atoms with Crippen molar-refractivity contribution in [3.63, 3.8) is 0 Å². The number of carbonyl (C=O) groups is 3. The second kappa shape index (κ2) is 5.04. The van der Waals surface area contributed by atoms with E-state index < -0.39 is 5.97 Å². The molecule has 2 bridgehead atoms. The lowest BCUT2D eigenvalue weighted by Gasteiger charge is -2.37. The average molecular weight is 337 g/mol.